The second-order valence-electron chi connectivity index (χ2n) is 4.06. The second-order valence-corrected chi connectivity index (χ2v) is 4.59. The summed E-state index contributed by atoms with van der Waals surface area (Å²) in [6.07, 6.45) is 0. The van der Waals surface area contributed by atoms with Crippen molar-refractivity contribution >= 4 is 28.4 Å². The van der Waals surface area contributed by atoms with Crippen LogP contribution in [0.3, 0.4) is 0 Å². The minimum Gasteiger partial charge on any atom is -0.398 e. The zero-order valence-corrected chi connectivity index (χ0v) is 10.2. The molecule has 4 heteroatoms. The summed E-state index contributed by atoms with van der Waals surface area (Å²) in [6.45, 7) is 2.06. The van der Waals surface area contributed by atoms with Gasteiger partial charge in [-0.05, 0) is 36.8 Å². The molecule has 0 fully saturated rings. The Labute approximate surface area is 103 Å². The fourth-order valence-electron chi connectivity index (χ4n) is 1.87. The summed E-state index contributed by atoms with van der Waals surface area (Å²) >= 11 is 1.23. The van der Waals surface area contributed by atoms with Crippen molar-refractivity contribution in [1.29, 1.82) is 0 Å². The molecule has 0 aliphatic heterocycles. The van der Waals surface area contributed by atoms with Crippen LogP contribution in [0.25, 0.3) is 22.2 Å². The fourth-order valence-corrected chi connectivity index (χ4v) is 2.39. The van der Waals surface area contributed by atoms with Gasteiger partial charge in [-0.15, -0.1) is 0 Å². The molecule has 1 heterocycles. The Morgan fingerprint density at radius 1 is 1.00 bits per heavy atom. The molecule has 3 aromatic rings. The molecule has 0 radical (unpaired) electrons. The molecule has 0 unspecified atom stereocenters. The Hall–Kier alpha value is -1.94. The van der Waals surface area contributed by atoms with E-state index in [0.717, 1.165) is 27.8 Å². The Bertz CT molecular complexity index is 688. The van der Waals surface area contributed by atoms with Crippen molar-refractivity contribution in [3.8, 4) is 11.1 Å². The van der Waals surface area contributed by atoms with E-state index in [-0.39, 0.29) is 0 Å². The van der Waals surface area contributed by atoms with Gasteiger partial charge in [-0.1, -0.05) is 17.7 Å². The molecular formula is C13H11N3S. The molecule has 0 atom stereocenters. The average molecular weight is 241 g/mol. The topological polar surface area (TPSA) is 51.8 Å². The van der Waals surface area contributed by atoms with Gasteiger partial charge in [0, 0.05) is 11.3 Å². The van der Waals surface area contributed by atoms with Gasteiger partial charge in [0.25, 0.3) is 0 Å². The fraction of sp³-hybridized carbons (Fsp3) is 0.0769. The third kappa shape index (κ3) is 1.76. The molecule has 0 saturated carbocycles. The number of nitrogen functional groups attached to an aromatic ring is 1. The van der Waals surface area contributed by atoms with E-state index in [1.54, 1.807) is 0 Å². The van der Waals surface area contributed by atoms with Crippen molar-refractivity contribution < 1.29 is 0 Å². The molecule has 0 bridgehead atoms. The summed E-state index contributed by atoms with van der Waals surface area (Å²) < 4.78 is 8.44. The summed E-state index contributed by atoms with van der Waals surface area (Å²) in [5, 5.41) is 0. The monoisotopic (exact) mass is 241 g/mol. The number of benzene rings is 2. The minimum absolute atomic E-state index is 0.790. The van der Waals surface area contributed by atoms with Crippen molar-refractivity contribution in [3.05, 3.63) is 42.0 Å². The largest absolute Gasteiger partial charge is 0.398 e. The Morgan fingerprint density at radius 3 is 2.71 bits per heavy atom. The number of anilines is 1. The number of nitrogens with two attached hydrogens (primary N) is 1. The predicted molar refractivity (Wildman–Crippen MR) is 72.0 cm³/mol. The highest BCUT2D eigenvalue weighted by Gasteiger charge is 2.05. The van der Waals surface area contributed by atoms with Crippen LogP contribution in [-0.2, 0) is 0 Å². The van der Waals surface area contributed by atoms with Gasteiger partial charge in [0.15, 0.2) is 0 Å². The van der Waals surface area contributed by atoms with E-state index >= 15 is 0 Å². The van der Waals surface area contributed by atoms with E-state index in [4.69, 9.17) is 5.73 Å². The van der Waals surface area contributed by atoms with E-state index < -0.39 is 0 Å². The highest BCUT2D eigenvalue weighted by Crippen LogP contribution is 2.28. The quantitative estimate of drug-likeness (QED) is 0.665. The average Bonchev–Trinajstić information content (AvgIpc) is 2.79. The number of fused-ring (bicyclic) bond motifs is 1. The van der Waals surface area contributed by atoms with Crippen LogP contribution >= 0.6 is 11.7 Å². The van der Waals surface area contributed by atoms with Gasteiger partial charge >= 0.3 is 0 Å². The van der Waals surface area contributed by atoms with E-state index in [2.05, 4.69) is 21.7 Å². The van der Waals surface area contributed by atoms with Crippen LogP contribution in [-0.4, -0.2) is 8.75 Å². The molecule has 84 valence electrons. The van der Waals surface area contributed by atoms with Crippen LogP contribution in [0, 0.1) is 6.92 Å². The first-order valence-corrected chi connectivity index (χ1v) is 6.06. The van der Waals surface area contributed by atoms with E-state index in [1.165, 1.54) is 17.3 Å². The van der Waals surface area contributed by atoms with Crippen molar-refractivity contribution in [2.45, 2.75) is 6.92 Å². The number of aryl methyl sites for hydroxylation is 1. The zero-order chi connectivity index (χ0) is 11.8. The third-order valence-electron chi connectivity index (χ3n) is 2.77. The molecule has 3 nitrogen and oxygen atoms in total. The van der Waals surface area contributed by atoms with E-state index in [1.807, 2.05) is 30.3 Å². The molecule has 17 heavy (non-hydrogen) atoms. The molecule has 2 N–H and O–H groups in total. The standard InChI is InChI=1S/C13H11N3S/c1-8-2-4-11(14)10(6-8)9-3-5-12-13(7-9)16-17-15-12/h2-7H,14H2,1H3. The number of rotatable bonds is 1. The van der Waals surface area contributed by atoms with Crippen molar-refractivity contribution in [1.82, 2.24) is 8.75 Å². The Kier molecular flexibility index (Phi) is 2.30. The van der Waals surface area contributed by atoms with Crippen LogP contribution in [0.2, 0.25) is 0 Å². The zero-order valence-electron chi connectivity index (χ0n) is 9.34. The predicted octanol–water partition coefficient (Wildman–Crippen LogP) is 3.25. The van der Waals surface area contributed by atoms with Crippen molar-refractivity contribution in [2.24, 2.45) is 0 Å². The van der Waals surface area contributed by atoms with Gasteiger partial charge in [0.1, 0.15) is 11.0 Å². The lowest BCUT2D eigenvalue weighted by molar-refractivity contribution is 1.47. The first-order chi connectivity index (χ1) is 8.24. The summed E-state index contributed by atoms with van der Waals surface area (Å²) in [4.78, 5) is 0. The van der Waals surface area contributed by atoms with Crippen molar-refractivity contribution in [3.63, 3.8) is 0 Å². The lowest BCUT2D eigenvalue weighted by Crippen LogP contribution is -1.90. The number of nitrogens with zero attached hydrogens (tertiary/aromatic N) is 2. The van der Waals surface area contributed by atoms with Gasteiger partial charge in [-0.25, -0.2) is 0 Å². The molecule has 0 amide bonds. The van der Waals surface area contributed by atoms with Gasteiger partial charge < -0.3 is 5.73 Å². The molecule has 2 aromatic carbocycles. The lowest BCUT2D eigenvalue weighted by Gasteiger charge is -2.06. The van der Waals surface area contributed by atoms with Crippen LogP contribution in [0.1, 0.15) is 5.56 Å². The first-order valence-electron chi connectivity index (χ1n) is 5.33. The lowest BCUT2D eigenvalue weighted by atomic mass is 10.0. The number of aromatic nitrogens is 2. The summed E-state index contributed by atoms with van der Waals surface area (Å²) in [7, 11) is 0. The maximum atomic E-state index is 6.01. The summed E-state index contributed by atoms with van der Waals surface area (Å²) in [6, 6.07) is 12.1. The first kappa shape index (κ1) is 10.2. The highest BCUT2D eigenvalue weighted by molar-refractivity contribution is 7.00. The van der Waals surface area contributed by atoms with Gasteiger partial charge in [-0.3, -0.25) is 0 Å². The molecule has 0 spiro atoms. The maximum absolute atomic E-state index is 6.01. The molecule has 0 saturated heterocycles. The van der Waals surface area contributed by atoms with E-state index in [0.29, 0.717) is 0 Å². The number of hydrogen-bond donors (Lipinski definition) is 1. The normalized spacial score (nSPS) is 10.9. The van der Waals surface area contributed by atoms with Gasteiger partial charge in [0.05, 0.1) is 11.7 Å². The summed E-state index contributed by atoms with van der Waals surface area (Å²) in [5.74, 6) is 0. The van der Waals surface area contributed by atoms with Crippen LogP contribution in [0.5, 0.6) is 0 Å². The third-order valence-corrected chi connectivity index (χ3v) is 3.33. The van der Waals surface area contributed by atoms with E-state index in [9.17, 15) is 0 Å². The van der Waals surface area contributed by atoms with Crippen LogP contribution < -0.4 is 5.73 Å². The maximum Gasteiger partial charge on any atom is 0.105 e. The molecular weight excluding hydrogens is 230 g/mol. The molecule has 1 aromatic heterocycles. The summed E-state index contributed by atoms with van der Waals surface area (Å²) in [5.41, 5.74) is 12.0. The van der Waals surface area contributed by atoms with Gasteiger partial charge in [0.2, 0.25) is 0 Å². The van der Waals surface area contributed by atoms with Crippen LogP contribution in [0.4, 0.5) is 5.69 Å². The van der Waals surface area contributed by atoms with Crippen molar-refractivity contribution in [2.75, 3.05) is 5.73 Å². The Morgan fingerprint density at radius 2 is 1.82 bits per heavy atom. The Balaban J connectivity index is 2.22. The molecule has 3 rings (SSSR count). The number of hydrogen-bond acceptors (Lipinski definition) is 4. The molecule has 0 aliphatic carbocycles. The molecule has 0 aliphatic rings. The second kappa shape index (κ2) is 3.82. The SMILES string of the molecule is Cc1ccc(N)c(-c2ccc3nsnc3c2)c1. The van der Waals surface area contributed by atoms with Gasteiger partial charge in [-0.2, -0.15) is 8.75 Å². The minimum atomic E-state index is 0.790. The smallest absolute Gasteiger partial charge is 0.105 e. The highest BCUT2D eigenvalue weighted by atomic mass is 32.1. The van der Waals surface area contributed by atoms with Crippen LogP contribution in [0.15, 0.2) is 36.4 Å².